The molecule has 1 saturated carbocycles. The first-order valence-corrected chi connectivity index (χ1v) is 6.19. The highest BCUT2D eigenvalue weighted by molar-refractivity contribution is 9.10. The second kappa shape index (κ2) is 4.62. The van der Waals surface area contributed by atoms with E-state index >= 15 is 0 Å². The minimum Gasteiger partial charge on any atom is -0.394 e. The third kappa shape index (κ3) is 2.42. The summed E-state index contributed by atoms with van der Waals surface area (Å²) in [5, 5.41) is 23.4. The van der Waals surface area contributed by atoms with Crippen LogP contribution in [0.25, 0.3) is 0 Å². The van der Waals surface area contributed by atoms with Crippen LogP contribution in [0.2, 0.25) is 0 Å². The monoisotopic (exact) mass is 300 g/mol. The molecule has 6 heteroatoms. The van der Waals surface area contributed by atoms with Crippen LogP contribution >= 0.6 is 15.9 Å². The molecule has 5 nitrogen and oxygen atoms in total. The SMILES string of the molecule is O=[N+]([O-])c1ccc(Br)cc1NC1(CO)CCC1. The molecule has 0 radical (unpaired) electrons. The van der Waals surface area contributed by atoms with E-state index in [4.69, 9.17) is 0 Å². The predicted molar refractivity (Wildman–Crippen MR) is 68.1 cm³/mol. The highest BCUT2D eigenvalue weighted by atomic mass is 79.9. The molecule has 17 heavy (non-hydrogen) atoms. The van der Waals surface area contributed by atoms with Crippen LogP contribution in [0.4, 0.5) is 11.4 Å². The van der Waals surface area contributed by atoms with E-state index < -0.39 is 4.92 Å². The van der Waals surface area contributed by atoms with Crippen molar-refractivity contribution in [2.24, 2.45) is 0 Å². The van der Waals surface area contributed by atoms with Gasteiger partial charge in [0.2, 0.25) is 0 Å². The lowest BCUT2D eigenvalue weighted by molar-refractivity contribution is -0.384. The molecular formula is C11H13BrN2O3. The maximum absolute atomic E-state index is 10.9. The zero-order chi connectivity index (χ0) is 12.5. The van der Waals surface area contributed by atoms with Gasteiger partial charge in [0.15, 0.2) is 0 Å². The predicted octanol–water partition coefficient (Wildman–Crippen LogP) is 2.68. The third-order valence-corrected chi connectivity index (χ3v) is 3.66. The largest absolute Gasteiger partial charge is 0.394 e. The Kier molecular flexibility index (Phi) is 3.35. The van der Waals surface area contributed by atoms with Crippen molar-refractivity contribution in [2.75, 3.05) is 11.9 Å². The summed E-state index contributed by atoms with van der Waals surface area (Å²) in [6, 6.07) is 4.76. The average Bonchev–Trinajstić information content (AvgIpc) is 2.23. The lowest BCUT2D eigenvalue weighted by Gasteiger charge is -2.41. The fourth-order valence-corrected chi connectivity index (χ4v) is 2.34. The molecule has 0 aliphatic heterocycles. The highest BCUT2D eigenvalue weighted by Gasteiger charge is 2.37. The minimum atomic E-state index is -0.418. The van der Waals surface area contributed by atoms with Crippen LogP contribution in [0.1, 0.15) is 19.3 Å². The van der Waals surface area contributed by atoms with Gasteiger partial charge in [-0.3, -0.25) is 10.1 Å². The quantitative estimate of drug-likeness (QED) is 0.662. The highest BCUT2D eigenvalue weighted by Crippen LogP contribution is 2.38. The van der Waals surface area contributed by atoms with Crippen LogP contribution in [0, 0.1) is 10.1 Å². The molecule has 0 bridgehead atoms. The summed E-state index contributed by atoms with van der Waals surface area (Å²) in [7, 11) is 0. The first kappa shape index (κ1) is 12.3. The molecule has 0 unspecified atom stereocenters. The first-order valence-electron chi connectivity index (χ1n) is 5.39. The summed E-state index contributed by atoms with van der Waals surface area (Å²) in [6.07, 6.45) is 2.72. The van der Waals surface area contributed by atoms with Crippen LogP contribution in [0.3, 0.4) is 0 Å². The van der Waals surface area contributed by atoms with Gasteiger partial charge in [0.05, 0.1) is 17.1 Å². The smallest absolute Gasteiger partial charge is 0.292 e. The third-order valence-electron chi connectivity index (χ3n) is 3.17. The number of nitro groups is 1. The van der Waals surface area contributed by atoms with Crippen LogP contribution < -0.4 is 5.32 Å². The average molecular weight is 301 g/mol. The Morgan fingerprint density at radius 3 is 2.71 bits per heavy atom. The molecule has 1 aliphatic rings. The maximum atomic E-state index is 10.9. The summed E-state index contributed by atoms with van der Waals surface area (Å²) in [4.78, 5) is 10.5. The first-order chi connectivity index (χ1) is 8.06. The molecule has 2 N–H and O–H groups in total. The van der Waals surface area contributed by atoms with Gasteiger partial charge in [-0.25, -0.2) is 0 Å². The summed E-state index contributed by atoms with van der Waals surface area (Å²) in [5.41, 5.74) is 0.108. The van der Waals surface area contributed by atoms with Crippen molar-refractivity contribution in [3.63, 3.8) is 0 Å². The number of anilines is 1. The van der Waals surface area contributed by atoms with Crippen molar-refractivity contribution in [3.05, 3.63) is 32.8 Å². The second-order valence-electron chi connectivity index (χ2n) is 4.34. The summed E-state index contributed by atoms with van der Waals surface area (Å²) >= 11 is 3.29. The van der Waals surface area contributed by atoms with Crippen LogP contribution in [0.15, 0.2) is 22.7 Å². The summed E-state index contributed by atoms with van der Waals surface area (Å²) < 4.78 is 0.776. The van der Waals surface area contributed by atoms with Gasteiger partial charge in [0.1, 0.15) is 5.69 Å². The van der Waals surface area contributed by atoms with Crippen molar-refractivity contribution in [2.45, 2.75) is 24.8 Å². The Bertz CT molecular complexity index is 441. The van der Waals surface area contributed by atoms with Crippen LogP contribution in [0.5, 0.6) is 0 Å². The lowest BCUT2D eigenvalue weighted by atomic mass is 9.77. The van der Waals surface area contributed by atoms with Gasteiger partial charge in [0.25, 0.3) is 5.69 Å². The normalized spacial score (nSPS) is 17.3. The number of nitro benzene ring substituents is 1. The van der Waals surface area contributed by atoms with Crippen LogP contribution in [-0.2, 0) is 0 Å². The molecule has 0 heterocycles. The number of aliphatic hydroxyl groups excluding tert-OH is 1. The molecule has 92 valence electrons. The van der Waals surface area contributed by atoms with Crippen LogP contribution in [-0.4, -0.2) is 22.2 Å². The van der Waals surface area contributed by atoms with Crippen molar-refractivity contribution in [3.8, 4) is 0 Å². The summed E-state index contributed by atoms with van der Waals surface area (Å²) in [5.74, 6) is 0. The van der Waals surface area contributed by atoms with Gasteiger partial charge in [-0.15, -0.1) is 0 Å². The summed E-state index contributed by atoms with van der Waals surface area (Å²) in [6.45, 7) is -0.00331. The molecule has 0 saturated heterocycles. The number of aliphatic hydroxyl groups is 1. The molecule has 0 aromatic heterocycles. The van der Waals surface area contributed by atoms with Gasteiger partial charge in [-0.2, -0.15) is 0 Å². The van der Waals surface area contributed by atoms with Crippen molar-refractivity contribution in [1.82, 2.24) is 0 Å². The second-order valence-corrected chi connectivity index (χ2v) is 5.25. The van der Waals surface area contributed by atoms with Crippen molar-refractivity contribution in [1.29, 1.82) is 0 Å². The Balaban J connectivity index is 2.30. The van der Waals surface area contributed by atoms with Gasteiger partial charge < -0.3 is 10.4 Å². The number of nitrogens with zero attached hydrogens (tertiary/aromatic N) is 1. The number of rotatable bonds is 4. The minimum absolute atomic E-state index is 0.00331. The maximum Gasteiger partial charge on any atom is 0.292 e. The van der Waals surface area contributed by atoms with E-state index in [1.54, 1.807) is 12.1 Å². The standard InChI is InChI=1S/C11H13BrN2O3/c12-8-2-3-10(14(16)17)9(6-8)13-11(7-15)4-1-5-11/h2-3,6,13,15H,1,4-5,7H2. The van der Waals surface area contributed by atoms with Gasteiger partial charge in [0, 0.05) is 10.5 Å². The van der Waals surface area contributed by atoms with Crippen molar-refractivity contribution < 1.29 is 10.0 Å². The van der Waals surface area contributed by atoms with E-state index in [0.29, 0.717) is 5.69 Å². The van der Waals surface area contributed by atoms with E-state index in [-0.39, 0.29) is 17.8 Å². The number of benzene rings is 1. The zero-order valence-corrected chi connectivity index (χ0v) is 10.7. The number of nitrogens with one attached hydrogen (secondary N) is 1. The molecule has 1 aromatic rings. The molecule has 1 aromatic carbocycles. The van der Waals surface area contributed by atoms with E-state index in [9.17, 15) is 15.2 Å². The van der Waals surface area contributed by atoms with E-state index in [1.165, 1.54) is 6.07 Å². The van der Waals surface area contributed by atoms with E-state index in [2.05, 4.69) is 21.2 Å². The van der Waals surface area contributed by atoms with Gasteiger partial charge in [-0.05, 0) is 31.4 Å². The van der Waals surface area contributed by atoms with Crippen molar-refractivity contribution >= 4 is 27.3 Å². The van der Waals surface area contributed by atoms with Gasteiger partial charge in [-0.1, -0.05) is 15.9 Å². The topological polar surface area (TPSA) is 75.4 Å². The number of hydrogen-bond donors (Lipinski definition) is 2. The van der Waals surface area contributed by atoms with E-state index in [1.807, 2.05) is 0 Å². The lowest BCUT2D eigenvalue weighted by Crippen LogP contribution is -2.48. The molecule has 0 atom stereocenters. The molecule has 1 fully saturated rings. The fraction of sp³-hybridized carbons (Fsp3) is 0.455. The van der Waals surface area contributed by atoms with E-state index in [0.717, 1.165) is 23.7 Å². The molecule has 0 spiro atoms. The Morgan fingerprint density at radius 1 is 1.53 bits per heavy atom. The molecule has 2 rings (SSSR count). The molecule has 0 amide bonds. The molecular weight excluding hydrogens is 288 g/mol. The Morgan fingerprint density at radius 2 is 2.24 bits per heavy atom. The molecule has 1 aliphatic carbocycles. The fourth-order valence-electron chi connectivity index (χ4n) is 1.98. The Hall–Kier alpha value is -1.14. The van der Waals surface area contributed by atoms with Gasteiger partial charge >= 0.3 is 0 Å². The number of halogens is 1. The number of hydrogen-bond acceptors (Lipinski definition) is 4. The Labute approximate surface area is 107 Å². The zero-order valence-electron chi connectivity index (χ0n) is 9.15.